The highest BCUT2D eigenvalue weighted by atomic mass is 35.5. The summed E-state index contributed by atoms with van der Waals surface area (Å²) in [6, 6.07) is 14.8. The van der Waals surface area contributed by atoms with Crippen molar-refractivity contribution in [3.8, 4) is 0 Å². The molecule has 1 heterocycles. The Morgan fingerprint density at radius 1 is 1.14 bits per heavy atom. The Bertz CT molecular complexity index is 969. The van der Waals surface area contributed by atoms with E-state index in [-0.39, 0.29) is 11.7 Å². The molecule has 2 aromatic rings. The predicted molar refractivity (Wildman–Crippen MR) is 117 cm³/mol. The maximum atomic E-state index is 13.5. The molecule has 0 spiro atoms. The Morgan fingerprint density at radius 3 is 2.69 bits per heavy atom. The largest absolute Gasteiger partial charge is 0.302 e. The number of carbonyl (C=O) groups excluding carboxylic acids is 2. The van der Waals surface area contributed by atoms with Gasteiger partial charge in [0.15, 0.2) is 0 Å². The molecule has 4 nitrogen and oxygen atoms in total. The summed E-state index contributed by atoms with van der Waals surface area (Å²) in [5.74, 6) is -0.304. The van der Waals surface area contributed by atoms with Gasteiger partial charge >= 0.3 is 0 Å². The number of rotatable bonds is 4. The number of amides is 1. The monoisotopic (exact) mass is 408 g/mol. The van der Waals surface area contributed by atoms with E-state index < -0.39 is 12.0 Å². The molecule has 0 radical (unpaired) electrons. The third-order valence-corrected chi connectivity index (χ3v) is 6.14. The average molecular weight is 409 g/mol. The lowest BCUT2D eigenvalue weighted by Crippen LogP contribution is -2.44. The third-order valence-electron chi connectivity index (χ3n) is 5.80. The van der Waals surface area contributed by atoms with Crippen LogP contribution < -0.4 is 4.90 Å². The van der Waals surface area contributed by atoms with Gasteiger partial charge in [-0.15, -0.1) is 0 Å². The molecule has 2 aliphatic rings. The van der Waals surface area contributed by atoms with Gasteiger partial charge in [-0.05, 0) is 43.0 Å². The van der Waals surface area contributed by atoms with Crippen LogP contribution >= 0.6 is 11.6 Å². The van der Waals surface area contributed by atoms with E-state index in [1.165, 1.54) is 0 Å². The molecule has 1 unspecified atom stereocenters. The number of halogens is 1. The van der Waals surface area contributed by atoms with Gasteiger partial charge in [-0.25, -0.2) is 0 Å². The van der Waals surface area contributed by atoms with Crippen molar-refractivity contribution in [1.29, 1.82) is 0 Å². The topological polar surface area (TPSA) is 49.7 Å². The van der Waals surface area contributed by atoms with Crippen molar-refractivity contribution >= 4 is 40.4 Å². The summed E-state index contributed by atoms with van der Waals surface area (Å²) in [4.78, 5) is 33.3. The number of ketones is 1. The molecule has 2 atom stereocenters. The van der Waals surface area contributed by atoms with Crippen LogP contribution in [0.25, 0.3) is 0 Å². The molecule has 5 heteroatoms. The summed E-state index contributed by atoms with van der Waals surface area (Å²) >= 11 is 6.60. The lowest BCUT2D eigenvalue weighted by atomic mass is 9.77. The molecule has 0 N–H and O–H groups in total. The number of carbonyl (C=O) groups is 2. The SMILES string of the molecule is CCCCC(=O)N1c2ccccc2N=C2CCCC(=O)C2[C@H]1c1ccccc1Cl. The standard InChI is InChI=1S/C24H25ClN2O2/c1-2-3-15-22(29)27-20-13-7-6-11-18(20)26-19-12-8-14-21(28)23(19)24(27)16-9-4-5-10-17(16)25/h4-7,9-11,13,23-24H,2-3,8,12,14-15H2,1H3/t23?,24-/m1/s1. The first-order valence-electron chi connectivity index (χ1n) is 10.4. The van der Waals surface area contributed by atoms with Gasteiger partial charge in [-0.3, -0.25) is 14.6 Å². The van der Waals surface area contributed by atoms with Gasteiger partial charge in [0.05, 0.1) is 23.3 Å². The van der Waals surface area contributed by atoms with Crippen LogP contribution in [0.5, 0.6) is 0 Å². The van der Waals surface area contributed by atoms with Crippen molar-refractivity contribution < 1.29 is 9.59 Å². The zero-order valence-electron chi connectivity index (χ0n) is 16.6. The molecule has 0 aromatic heterocycles. The van der Waals surface area contributed by atoms with Crippen molar-refractivity contribution in [3.05, 3.63) is 59.1 Å². The zero-order valence-corrected chi connectivity index (χ0v) is 17.4. The fraction of sp³-hybridized carbons (Fsp3) is 0.375. The molecular formula is C24H25ClN2O2. The van der Waals surface area contributed by atoms with Gasteiger partial charge < -0.3 is 4.90 Å². The minimum Gasteiger partial charge on any atom is -0.302 e. The first-order valence-corrected chi connectivity index (χ1v) is 10.7. The van der Waals surface area contributed by atoms with Gasteiger partial charge in [0.1, 0.15) is 5.78 Å². The number of Topliss-reactive ketones (excluding diaryl/α,β-unsaturated/α-hetero) is 1. The van der Waals surface area contributed by atoms with Crippen LogP contribution in [0.4, 0.5) is 11.4 Å². The fourth-order valence-electron chi connectivity index (χ4n) is 4.41. The quantitative estimate of drug-likeness (QED) is 0.617. The Labute approximate surface area is 176 Å². The molecule has 1 aliphatic carbocycles. The van der Waals surface area contributed by atoms with Crippen LogP contribution in [0.15, 0.2) is 53.5 Å². The summed E-state index contributed by atoms with van der Waals surface area (Å²) in [6.07, 6.45) is 4.25. The van der Waals surface area contributed by atoms with E-state index in [0.29, 0.717) is 17.9 Å². The molecule has 1 fully saturated rings. The summed E-state index contributed by atoms with van der Waals surface area (Å²) < 4.78 is 0. The molecule has 1 amide bonds. The molecule has 29 heavy (non-hydrogen) atoms. The van der Waals surface area contributed by atoms with Crippen molar-refractivity contribution in [2.24, 2.45) is 10.9 Å². The van der Waals surface area contributed by atoms with Gasteiger partial charge in [0.2, 0.25) is 5.91 Å². The number of hydrogen-bond acceptors (Lipinski definition) is 3. The Kier molecular flexibility index (Phi) is 5.81. The molecule has 0 bridgehead atoms. The number of anilines is 1. The maximum Gasteiger partial charge on any atom is 0.227 e. The highest BCUT2D eigenvalue weighted by Crippen LogP contribution is 2.46. The second-order valence-electron chi connectivity index (χ2n) is 7.72. The summed E-state index contributed by atoms with van der Waals surface area (Å²) in [6.45, 7) is 2.07. The Hall–Kier alpha value is -2.46. The van der Waals surface area contributed by atoms with Gasteiger partial charge in [-0.1, -0.05) is 55.3 Å². The molecule has 4 rings (SSSR count). The van der Waals surface area contributed by atoms with Crippen molar-refractivity contribution in [3.63, 3.8) is 0 Å². The number of benzene rings is 2. The number of unbranched alkanes of at least 4 members (excludes halogenated alkanes) is 1. The van der Waals surface area contributed by atoms with Crippen LogP contribution in [0.2, 0.25) is 5.02 Å². The molecule has 1 aliphatic heterocycles. The van der Waals surface area contributed by atoms with Gasteiger partial charge in [0.25, 0.3) is 0 Å². The third kappa shape index (κ3) is 3.74. The Balaban J connectivity index is 1.95. The number of fused-ring (bicyclic) bond motifs is 2. The number of para-hydroxylation sites is 2. The first kappa shape index (κ1) is 19.8. The van der Waals surface area contributed by atoms with E-state index in [1.54, 1.807) is 4.90 Å². The lowest BCUT2D eigenvalue weighted by molar-refractivity contribution is -0.123. The molecule has 2 aromatic carbocycles. The second kappa shape index (κ2) is 8.50. The maximum absolute atomic E-state index is 13.5. The Morgan fingerprint density at radius 2 is 1.90 bits per heavy atom. The van der Waals surface area contributed by atoms with Crippen LogP contribution in [-0.2, 0) is 9.59 Å². The van der Waals surface area contributed by atoms with Gasteiger partial charge in [0, 0.05) is 23.6 Å². The van der Waals surface area contributed by atoms with Crippen molar-refractivity contribution in [2.45, 2.75) is 51.5 Å². The number of hydrogen-bond donors (Lipinski definition) is 0. The van der Waals surface area contributed by atoms with E-state index in [1.807, 2.05) is 48.5 Å². The average Bonchev–Trinajstić information content (AvgIpc) is 2.87. The number of aliphatic imine (C=N–C) groups is 1. The molecule has 0 saturated heterocycles. The van der Waals surface area contributed by atoms with Gasteiger partial charge in [-0.2, -0.15) is 0 Å². The summed E-state index contributed by atoms with van der Waals surface area (Å²) in [5, 5.41) is 0.572. The highest BCUT2D eigenvalue weighted by Gasteiger charge is 2.44. The van der Waals surface area contributed by atoms with Crippen molar-refractivity contribution in [1.82, 2.24) is 0 Å². The molecule has 1 saturated carbocycles. The smallest absolute Gasteiger partial charge is 0.227 e. The van der Waals surface area contributed by atoms with E-state index in [0.717, 1.165) is 48.3 Å². The minimum absolute atomic E-state index is 0.0130. The number of nitrogens with zero attached hydrogens (tertiary/aromatic N) is 2. The highest BCUT2D eigenvalue weighted by molar-refractivity contribution is 6.31. The summed E-state index contributed by atoms with van der Waals surface area (Å²) in [5.41, 5.74) is 3.18. The van der Waals surface area contributed by atoms with Crippen LogP contribution in [0.3, 0.4) is 0 Å². The van der Waals surface area contributed by atoms with E-state index in [2.05, 4.69) is 6.92 Å². The lowest BCUT2D eigenvalue weighted by Gasteiger charge is -2.37. The second-order valence-corrected chi connectivity index (χ2v) is 8.13. The fourth-order valence-corrected chi connectivity index (χ4v) is 4.66. The normalized spacial score (nSPS) is 21.1. The van der Waals surface area contributed by atoms with Crippen LogP contribution in [0, 0.1) is 5.92 Å². The molecular weight excluding hydrogens is 384 g/mol. The molecule has 150 valence electrons. The van der Waals surface area contributed by atoms with Crippen LogP contribution in [-0.4, -0.2) is 17.4 Å². The van der Waals surface area contributed by atoms with Crippen LogP contribution in [0.1, 0.15) is 57.1 Å². The zero-order chi connectivity index (χ0) is 20.4. The summed E-state index contributed by atoms with van der Waals surface area (Å²) in [7, 11) is 0. The van der Waals surface area contributed by atoms with E-state index in [9.17, 15) is 9.59 Å². The minimum atomic E-state index is -0.469. The van der Waals surface area contributed by atoms with Crippen molar-refractivity contribution in [2.75, 3.05) is 4.90 Å². The van der Waals surface area contributed by atoms with E-state index in [4.69, 9.17) is 16.6 Å². The van der Waals surface area contributed by atoms with E-state index >= 15 is 0 Å². The predicted octanol–water partition coefficient (Wildman–Crippen LogP) is 6.06. The first-order chi connectivity index (χ1) is 14.1.